The fourth-order valence-electron chi connectivity index (χ4n) is 5.16. The SMILES string of the molecule is COc1cc(OC)c(OC)cc1/C=C(\NC(=O)c1ccccc1)C(=O)Nc1ccc(SC(C(=O)Nc2nc(-c3cccs3)cs2)c2ccccc2)cc1. The third-order valence-corrected chi connectivity index (χ3v) is 10.7. The number of amides is 3. The van der Waals surface area contributed by atoms with Crippen molar-refractivity contribution in [3.63, 3.8) is 0 Å². The van der Waals surface area contributed by atoms with Crippen LogP contribution in [0.5, 0.6) is 17.2 Å². The van der Waals surface area contributed by atoms with Gasteiger partial charge in [-0.1, -0.05) is 54.6 Å². The minimum atomic E-state index is -0.579. The molecule has 0 saturated carbocycles. The van der Waals surface area contributed by atoms with Gasteiger partial charge in [0.05, 0.1) is 31.9 Å². The molecule has 3 amide bonds. The molecule has 6 aromatic rings. The van der Waals surface area contributed by atoms with Gasteiger partial charge in [0.2, 0.25) is 5.91 Å². The Kier molecular flexibility index (Phi) is 12.2. The molecule has 0 saturated heterocycles. The zero-order valence-corrected chi connectivity index (χ0v) is 31.3. The van der Waals surface area contributed by atoms with E-state index in [1.165, 1.54) is 50.5 Å². The van der Waals surface area contributed by atoms with Crippen LogP contribution in [0.25, 0.3) is 16.6 Å². The van der Waals surface area contributed by atoms with E-state index in [0.29, 0.717) is 39.2 Å². The van der Waals surface area contributed by atoms with Gasteiger partial charge in [-0.2, -0.15) is 0 Å². The number of ether oxygens (including phenoxy) is 3. The Morgan fingerprint density at radius 3 is 2.09 bits per heavy atom. The molecule has 0 aliphatic carbocycles. The zero-order chi connectivity index (χ0) is 37.2. The number of thioether (sulfide) groups is 1. The topological polar surface area (TPSA) is 128 Å². The summed E-state index contributed by atoms with van der Waals surface area (Å²) in [5.41, 5.74) is 2.94. The van der Waals surface area contributed by atoms with Gasteiger partial charge in [-0.15, -0.1) is 34.4 Å². The van der Waals surface area contributed by atoms with Crippen LogP contribution in [0, 0.1) is 0 Å². The summed E-state index contributed by atoms with van der Waals surface area (Å²) in [5, 5.41) is 12.5. The summed E-state index contributed by atoms with van der Waals surface area (Å²) in [4.78, 5) is 47.1. The molecule has 0 radical (unpaired) electrons. The number of nitrogens with one attached hydrogen (secondary N) is 3. The third kappa shape index (κ3) is 9.32. The summed E-state index contributed by atoms with van der Waals surface area (Å²) in [6, 6.07) is 32.5. The lowest BCUT2D eigenvalue weighted by Gasteiger charge is -2.17. The van der Waals surface area contributed by atoms with Crippen molar-refractivity contribution in [1.29, 1.82) is 0 Å². The van der Waals surface area contributed by atoms with E-state index >= 15 is 0 Å². The molecule has 0 spiro atoms. The van der Waals surface area contributed by atoms with E-state index in [1.807, 2.05) is 65.4 Å². The Morgan fingerprint density at radius 1 is 0.755 bits per heavy atom. The second kappa shape index (κ2) is 17.6. The Hall–Kier alpha value is -5.89. The molecule has 0 aliphatic heterocycles. The van der Waals surface area contributed by atoms with E-state index in [0.717, 1.165) is 21.0 Å². The molecule has 0 bridgehead atoms. The summed E-state index contributed by atoms with van der Waals surface area (Å²) < 4.78 is 16.4. The lowest BCUT2D eigenvalue weighted by molar-refractivity contribution is -0.116. The maximum Gasteiger partial charge on any atom is 0.272 e. The van der Waals surface area contributed by atoms with E-state index in [1.54, 1.807) is 65.9 Å². The van der Waals surface area contributed by atoms with Gasteiger partial charge in [-0.25, -0.2) is 4.98 Å². The molecule has 10 nitrogen and oxygen atoms in total. The van der Waals surface area contributed by atoms with Crippen molar-refractivity contribution in [1.82, 2.24) is 10.3 Å². The molecule has 2 heterocycles. The van der Waals surface area contributed by atoms with Crippen LogP contribution in [0.2, 0.25) is 0 Å². The van der Waals surface area contributed by atoms with E-state index < -0.39 is 17.1 Å². The van der Waals surface area contributed by atoms with E-state index in [9.17, 15) is 14.4 Å². The molecule has 0 fully saturated rings. The van der Waals surface area contributed by atoms with Crippen LogP contribution >= 0.6 is 34.4 Å². The Balaban J connectivity index is 1.22. The summed E-state index contributed by atoms with van der Waals surface area (Å²) >= 11 is 4.34. The van der Waals surface area contributed by atoms with Crippen LogP contribution in [-0.4, -0.2) is 44.0 Å². The first-order valence-electron chi connectivity index (χ1n) is 16.2. The number of carbonyl (C=O) groups excluding carboxylic acids is 3. The molecule has 2 aromatic heterocycles. The first kappa shape index (κ1) is 36.9. The fourth-order valence-corrected chi connectivity index (χ4v) is 7.65. The number of benzene rings is 4. The average Bonchev–Trinajstić information content (AvgIpc) is 3.91. The molecule has 53 heavy (non-hydrogen) atoms. The number of rotatable bonds is 14. The van der Waals surface area contributed by atoms with Crippen molar-refractivity contribution < 1.29 is 28.6 Å². The molecule has 268 valence electrons. The second-order valence-corrected chi connectivity index (χ2v) is 14.2. The molecule has 4 aromatic carbocycles. The second-order valence-electron chi connectivity index (χ2n) is 11.2. The van der Waals surface area contributed by atoms with E-state index in [4.69, 9.17) is 14.2 Å². The van der Waals surface area contributed by atoms with Crippen molar-refractivity contribution >= 4 is 69.1 Å². The highest BCUT2D eigenvalue weighted by molar-refractivity contribution is 8.00. The number of anilines is 2. The number of hydrogen-bond acceptors (Lipinski definition) is 10. The number of thiophene rings is 1. The molecular formula is C40H34N4O6S3. The van der Waals surface area contributed by atoms with Gasteiger partial charge in [-0.3, -0.25) is 14.4 Å². The van der Waals surface area contributed by atoms with Crippen molar-refractivity contribution in [3.8, 4) is 27.8 Å². The van der Waals surface area contributed by atoms with Gasteiger partial charge in [0, 0.05) is 33.2 Å². The predicted octanol–water partition coefficient (Wildman–Crippen LogP) is 8.78. The van der Waals surface area contributed by atoms with Gasteiger partial charge in [0.25, 0.3) is 11.8 Å². The largest absolute Gasteiger partial charge is 0.496 e. The highest BCUT2D eigenvalue weighted by Gasteiger charge is 2.24. The molecule has 1 unspecified atom stereocenters. The Labute approximate surface area is 318 Å². The lowest BCUT2D eigenvalue weighted by Crippen LogP contribution is -2.30. The number of carbonyl (C=O) groups is 3. The summed E-state index contributed by atoms with van der Waals surface area (Å²) in [6.07, 6.45) is 1.51. The number of thiazole rings is 1. The molecule has 0 aliphatic rings. The number of nitrogens with zero attached hydrogens (tertiary/aromatic N) is 1. The van der Waals surface area contributed by atoms with Crippen LogP contribution in [0.15, 0.2) is 131 Å². The molecular weight excluding hydrogens is 729 g/mol. The smallest absolute Gasteiger partial charge is 0.272 e. The number of aromatic nitrogens is 1. The standard InChI is InChI=1S/C40H34N4O6S3/c1-48-32-23-34(50-3)33(49-2)22-27(32)21-30(42-37(45)26-13-8-5-9-14-26)38(46)41-28-16-18-29(19-17-28)53-36(25-11-6-4-7-12-25)39(47)44-40-43-31(24-52-40)35-15-10-20-51-35/h4-24,36H,1-3H3,(H,41,46)(H,42,45)(H,43,44,47)/b30-21-. The summed E-state index contributed by atoms with van der Waals surface area (Å²) in [6.45, 7) is 0. The van der Waals surface area contributed by atoms with Gasteiger partial charge in [-0.05, 0) is 65.6 Å². The number of hydrogen-bond donors (Lipinski definition) is 3. The summed E-state index contributed by atoms with van der Waals surface area (Å²) in [7, 11) is 4.51. The highest BCUT2D eigenvalue weighted by atomic mass is 32.2. The van der Waals surface area contributed by atoms with Crippen molar-refractivity contribution in [2.75, 3.05) is 32.0 Å². The van der Waals surface area contributed by atoms with Gasteiger partial charge >= 0.3 is 0 Å². The monoisotopic (exact) mass is 762 g/mol. The van der Waals surface area contributed by atoms with E-state index in [-0.39, 0.29) is 11.6 Å². The fraction of sp³-hybridized carbons (Fsp3) is 0.100. The van der Waals surface area contributed by atoms with Gasteiger partial charge < -0.3 is 30.2 Å². The van der Waals surface area contributed by atoms with Crippen molar-refractivity contribution in [2.45, 2.75) is 10.1 Å². The van der Waals surface area contributed by atoms with Crippen LogP contribution < -0.4 is 30.2 Å². The summed E-state index contributed by atoms with van der Waals surface area (Å²) in [5.74, 6) is 0.0110. The van der Waals surface area contributed by atoms with Crippen LogP contribution in [0.4, 0.5) is 10.8 Å². The third-order valence-electron chi connectivity index (χ3n) is 7.78. The maximum absolute atomic E-state index is 13.8. The van der Waals surface area contributed by atoms with Crippen LogP contribution in [-0.2, 0) is 9.59 Å². The minimum absolute atomic E-state index is 0.0342. The highest BCUT2D eigenvalue weighted by Crippen LogP contribution is 2.38. The first-order chi connectivity index (χ1) is 25.8. The molecule has 13 heteroatoms. The number of methoxy groups -OCH3 is 3. The molecule has 3 N–H and O–H groups in total. The van der Waals surface area contributed by atoms with Gasteiger partial charge in [0.15, 0.2) is 16.6 Å². The first-order valence-corrected chi connectivity index (χ1v) is 18.8. The molecule has 6 rings (SSSR count). The van der Waals surface area contributed by atoms with Gasteiger partial charge in [0.1, 0.15) is 16.7 Å². The van der Waals surface area contributed by atoms with Crippen LogP contribution in [0.3, 0.4) is 0 Å². The Morgan fingerprint density at radius 2 is 1.43 bits per heavy atom. The maximum atomic E-state index is 13.8. The normalized spacial score (nSPS) is 11.6. The Bertz CT molecular complexity index is 2210. The quantitative estimate of drug-likeness (QED) is 0.0743. The minimum Gasteiger partial charge on any atom is -0.496 e. The average molecular weight is 763 g/mol. The van der Waals surface area contributed by atoms with Crippen LogP contribution in [0.1, 0.15) is 26.7 Å². The van der Waals surface area contributed by atoms with E-state index in [2.05, 4.69) is 20.9 Å². The zero-order valence-electron chi connectivity index (χ0n) is 28.8. The lowest BCUT2D eigenvalue weighted by atomic mass is 10.1. The predicted molar refractivity (Wildman–Crippen MR) is 212 cm³/mol. The van der Waals surface area contributed by atoms with Crippen molar-refractivity contribution in [3.05, 3.63) is 142 Å². The van der Waals surface area contributed by atoms with Crippen molar-refractivity contribution in [2.24, 2.45) is 0 Å². The molecule has 1 atom stereocenters.